The summed E-state index contributed by atoms with van der Waals surface area (Å²) in [4.78, 5) is 4.14. The number of benzene rings is 2. The first-order valence-electron chi connectivity index (χ1n) is 7.20. The molecule has 0 aliphatic rings. The van der Waals surface area contributed by atoms with Gasteiger partial charge in [0.15, 0.2) is 5.96 Å². The van der Waals surface area contributed by atoms with Gasteiger partial charge in [0, 0.05) is 18.4 Å². The van der Waals surface area contributed by atoms with Crippen LogP contribution in [0.5, 0.6) is 0 Å². The molecule has 0 fully saturated rings. The predicted octanol–water partition coefficient (Wildman–Crippen LogP) is 3.78. The molecule has 2 aromatic rings. The maximum Gasteiger partial charge on any atom is 0.416 e. The summed E-state index contributed by atoms with van der Waals surface area (Å²) < 4.78 is 42.6. The van der Waals surface area contributed by atoms with Crippen LogP contribution in [-0.4, -0.2) is 13.1 Å². The van der Waals surface area contributed by atoms with E-state index in [1.165, 1.54) is 12.1 Å². The van der Waals surface area contributed by atoms with Crippen molar-refractivity contribution >= 4 is 11.6 Å². The van der Waals surface area contributed by atoms with Gasteiger partial charge in [0.25, 0.3) is 0 Å². The van der Waals surface area contributed by atoms with Gasteiger partial charge in [0.05, 0.1) is 18.7 Å². The number of guanidine groups is 1. The van der Waals surface area contributed by atoms with Gasteiger partial charge in [-0.3, -0.25) is 0 Å². The Morgan fingerprint density at radius 1 is 1.12 bits per heavy atom. The number of rotatable bonds is 5. The molecule has 0 unspecified atom stereocenters. The number of aliphatic imine (C=N–C) groups is 1. The van der Waals surface area contributed by atoms with E-state index in [1.807, 2.05) is 24.3 Å². The molecule has 0 atom stereocenters. The summed E-state index contributed by atoms with van der Waals surface area (Å²) in [6.07, 6.45) is -4.34. The number of para-hydroxylation sites is 1. The Bertz CT molecular complexity index is 697. The van der Waals surface area contributed by atoms with Crippen molar-refractivity contribution in [3.63, 3.8) is 0 Å². The predicted molar refractivity (Wildman–Crippen MR) is 87.5 cm³/mol. The van der Waals surface area contributed by atoms with E-state index in [2.05, 4.69) is 10.3 Å². The Morgan fingerprint density at radius 3 is 2.42 bits per heavy atom. The van der Waals surface area contributed by atoms with Crippen molar-refractivity contribution in [2.45, 2.75) is 19.3 Å². The molecule has 0 aromatic heterocycles. The fourth-order valence-corrected chi connectivity index (χ4v) is 2.08. The molecule has 0 bridgehead atoms. The van der Waals surface area contributed by atoms with Crippen molar-refractivity contribution in [3.05, 3.63) is 65.2 Å². The van der Waals surface area contributed by atoms with Crippen LogP contribution in [-0.2, 0) is 24.1 Å². The first-order chi connectivity index (χ1) is 11.4. The molecule has 2 rings (SSSR count). The number of hydrogen-bond acceptors (Lipinski definition) is 2. The lowest BCUT2D eigenvalue weighted by Gasteiger charge is -2.11. The summed E-state index contributed by atoms with van der Waals surface area (Å²) in [5, 5.41) is 2.97. The number of halogens is 3. The van der Waals surface area contributed by atoms with Crippen LogP contribution in [0.25, 0.3) is 0 Å². The first kappa shape index (κ1) is 17.8. The standard InChI is InChI=1S/C17H18F3N3O/c1-24-11-13-4-2-3-5-15(13)23-16(21)22-10-12-6-8-14(9-7-12)17(18,19)20/h2-9H,10-11H2,1H3,(H3,21,22,23). The van der Waals surface area contributed by atoms with Crippen LogP contribution in [0.2, 0.25) is 0 Å². The van der Waals surface area contributed by atoms with E-state index in [9.17, 15) is 13.2 Å². The smallest absolute Gasteiger partial charge is 0.380 e. The minimum absolute atomic E-state index is 0.179. The quantitative estimate of drug-likeness (QED) is 0.645. The van der Waals surface area contributed by atoms with Gasteiger partial charge in [0.2, 0.25) is 0 Å². The molecule has 2 aromatic carbocycles. The number of nitrogens with two attached hydrogens (primary N) is 1. The molecule has 7 heteroatoms. The number of hydrogen-bond donors (Lipinski definition) is 2. The van der Waals surface area contributed by atoms with Crippen LogP contribution >= 0.6 is 0 Å². The second-order valence-electron chi connectivity index (χ2n) is 5.11. The summed E-state index contributed by atoms with van der Waals surface area (Å²) in [5.74, 6) is 0.179. The number of methoxy groups -OCH3 is 1. The largest absolute Gasteiger partial charge is 0.416 e. The minimum Gasteiger partial charge on any atom is -0.380 e. The molecule has 0 radical (unpaired) electrons. The van der Waals surface area contributed by atoms with Crippen LogP contribution in [0.3, 0.4) is 0 Å². The molecule has 0 aliphatic heterocycles. The van der Waals surface area contributed by atoms with Gasteiger partial charge in [-0.25, -0.2) is 4.99 Å². The Kier molecular flexibility index (Phi) is 5.81. The SMILES string of the molecule is COCc1ccccc1NC(N)=NCc1ccc(C(F)(F)F)cc1. The molecule has 4 nitrogen and oxygen atoms in total. The van der Waals surface area contributed by atoms with Gasteiger partial charge in [0.1, 0.15) is 0 Å². The van der Waals surface area contributed by atoms with E-state index in [-0.39, 0.29) is 12.5 Å². The van der Waals surface area contributed by atoms with E-state index >= 15 is 0 Å². The lowest BCUT2D eigenvalue weighted by molar-refractivity contribution is -0.137. The highest BCUT2D eigenvalue weighted by Gasteiger charge is 2.29. The van der Waals surface area contributed by atoms with Gasteiger partial charge in [-0.05, 0) is 23.8 Å². The highest BCUT2D eigenvalue weighted by molar-refractivity contribution is 5.92. The number of alkyl halides is 3. The summed E-state index contributed by atoms with van der Waals surface area (Å²) in [5.41, 5.74) is 7.48. The number of nitrogens with one attached hydrogen (secondary N) is 1. The number of nitrogens with zero attached hydrogens (tertiary/aromatic N) is 1. The molecule has 0 amide bonds. The molecular formula is C17H18F3N3O. The molecule has 0 aliphatic carbocycles. The van der Waals surface area contributed by atoms with Crippen molar-refractivity contribution in [1.82, 2.24) is 0 Å². The molecule has 3 N–H and O–H groups in total. The van der Waals surface area contributed by atoms with E-state index in [0.29, 0.717) is 12.2 Å². The third-order valence-corrected chi connectivity index (χ3v) is 3.29. The van der Waals surface area contributed by atoms with Crippen LogP contribution in [0, 0.1) is 0 Å². The average Bonchev–Trinajstić information content (AvgIpc) is 2.55. The summed E-state index contributed by atoms with van der Waals surface area (Å²) in [7, 11) is 1.60. The third kappa shape index (κ3) is 4.99. The van der Waals surface area contributed by atoms with E-state index in [0.717, 1.165) is 23.4 Å². The first-order valence-corrected chi connectivity index (χ1v) is 7.20. The van der Waals surface area contributed by atoms with Gasteiger partial charge in [-0.15, -0.1) is 0 Å². The minimum atomic E-state index is -4.34. The van der Waals surface area contributed by atoms with Crippen molar-refractivity contribution in [2.75, 3.05) is 12.4 Å². The second-order valence-corrected chi connectivity index (χ2v) is 5.11. The molecule has 0 spiro atoms. The maximum atomic E-state index is 12.5. The average molecular weight is 337 g/mol. The van der Waals surface area contributed by atoms with Crippen molar-refractivity contribution in [2.24, 2.45) is 10.7 Å². The molecular weight excluding hydrogens is 319 g/mol. The molecule has 0 heterocycles. The number of ether oxygens (including phenoxy) is 1. The maximum absolute atomic E-state index is 12.5. The van der Waals surface area contributed by atoms with Gasteiger partial charge in [-0.2, -0.15) is 13.2 Å². The zero-order chi connectivity index (χ0) is 17.6. The normalized spacial score (nSPS) is 12.2. The van der Waals surface area contributed by atoms with E-state index < -0.39 is 11.7 Å². The lowest BCUT2D eigenvalue weighted by atomic mass is 10.1. The molecule has 0 saturated carbocycles. The summed E-state index contributed by atoms with van der Waals surface area (Å²) in [6.45, 7) is 0.610. The Hall–Kier alpha value is -2.54. The Morgan fingerprint density at radius 2 is 1.79 bits per heavy atom. The van der Waals surface area contributed by atoms with Crippen molar-refractivity contribution < 1.29 is 17.9 Å². The van der Waals surface area contributed by atoms with E-state index in [4.69, 9.17) is 10.5 Å². The zero-order valence-electron chi connectivity index (χ0n) is 13.1. The monoisotopic (exact) mass is 337 g/mol. The highest BCUT2D eigenvalue weighted by atomic mass is 19.4. The van der Waals surface area contributed by atoms with Crippen LogP contribution in [0.4, 0.5) is 18.9 Å². The van der Waals surface area contributed by atoms with Crippen molar-refractivity contribution in [1.29, 1.82) is 0 Å². The fourth-order valence-electron chi connectivity index (χ4n) is 2.08. The number of anilines is 1. The van der Waals surface area contributed by atoms with Crippen LogP contribution in [0.15, 0.2) is 53.5 Å². The molecule has 0 saturated heterocycles. The van der Waals surface area contributed by atoms with Gasteiger partial charge in [-0.1, -0.05) is 30.3 Å². The lowest BCUT2D eigenvalue weighted by Crippen LogP contribution is -2.23. The van der Waals surface area contributed by atoms with Crippen molar-refractivity contribution in [3.8, 4) is 0 Å². The fraction of sp³-hybridized carbons (Fsp3) is 0.235. The second kappa shape index (κ2) is 7.83. The zero-order valence-corrected chi connectivity index (χ0v) is 13.1. The Balaban J connectivity index is 2.02. The topological polar surface area (TPSA) is 59.6 Å². The third-order valence-electron chi connectivity index (χ3n) is 3.29. The van der Waals surface area contributed by atoms with Crippen LogP contribution in [0.1, 0.15) is 16.7 Å². The Labute approximate surface area is 138 Å². The van der Waals surface area contributed by atoms with Crippen LogP contribution < -0.4 is 11.1 Å². The van der Waals surface area contributed by atoms with Gasteiger partial charge >= 0.3 is 6.18 Å². The highest BCUT2D eigenvalue weighted by Crippen LogP contribution is 2.29. The summed E-state index contributed by atoms with van der Waals surface area (Å²) >= 11 is 0. The summed E-state index contributed by atoms with van der Waals surface area (Å²) in [6, 6.07) is 12.3. The van der Waals surface area contributed by atoms with Gasteiger partial charge < -0.3 is 15.8 Å². The van der Waals surface area contributed by atoms with E-state index in [1.54, 1.807) is 7.11 Å². The molecule has 128 valence electrons. The molecule has 24 heavy (non-hydrogen) atoms.